The lowest BCUT2D eigenvalue weighted by molar-refractivity contribution is -0.123. The maximum atomic E-state index is 11.8. The molecule has 27 heavy (non-hydrogen) atoms. The van der Waals surface area contributed by atoms with Crippen LogP contribution >= 0.6 is 0 Å². The molecule has 0 unspecified atom stereocenters. The van der Waals surface area contributed by atoms with Crippen LogP contribution in [-0.2, 0) is 17.8 Å². The molecule has 1 heterocycles. The van der Waals surface area contributed by atoms with Crippen molar-refractivity contribution in [1.82, 2.24) is 14.9 Å². The van der Waals surface area contributed by atoms with Crippen LogP contribution in [0.25, 0.3) is 11.0 Å². The Hall–Kier alpha value is -2.82. The Morgan fingerprint density at radius 2 is 1.81 bits per heavy atom. The molecule has 0 aliphatic heterocycles. The van der Waals surface area contributed by atoms with E-state index in [1.165, 1.54) is 5.52 Å². The van der Waals surface area contributed by atoms with Crippen LogP contribution in [0.15, 0.2) is 54.6 Å². The molecule has 0 spiro atoms. The van der Waals surface area contributed by atoms with E-state index in [1.807, 2.05) is 36.4 Å². The van der Waals surface area contributed by atoms with Gasteiger partial charge in [0.15, 0.2) is 6.61 Å². The topological polar surface area (TPSA) is 56.2 Å². The molecule has 0 fully saturated rings. The van der Waals surface area contributed by atoms with E-state index in [4.69, 9.17) is 9.72 Å². The highest BCUT2D eigenvalue weighted by Crippen LogP contribution is 2.17. The third kappa shape index (κ3) is 5.33. The Bertz CT molecular complexity index is 858. The number of hydrogen-bond acceptors (Lipinski definition) is 3. The van der Waals surface area contributed by atoms with Gasteiger partial charge in [0.1, 0.15) is 11.6 Å². The van der Waals surface area contributed by atoms with Crippen LogP contribution in [-0.4, -0.2) is 28.6 Å². The van der Waals surface area contributed by atoms with Crippen LogP contribution < -0.4 is 10.1 Å². The summed E-state index contributed by atoms with van der Waals surface area (Å²) in [7, 11) is 0. The quantitative estimate of drug-likeness (QED) is 0.553. The monoisotopic (exact) mass is 365 g/mol. The summed E-state index contributed by atoms with van der Waals surface area (Å²) in [6, 6.07) is 17.7. The molecule has 5 nitrogen and oxygen atoms in total. The van der Waals surface area contributed by atoms with E-state index in [0.717, 1.165) is 43.6 Å². The molecular weight excluding hydrogens is 338 g/mol. The molecule has 1 aromatic heterocycles. The fourth-order valence-electron chi connectivity index (χ4n) is 3.20. The lowest BCUT2D eigenvalue weighted by atomic mass is 10.2. The first kappa shape index (κ1) is 19.0. The van der Waals surface area contributed by atoms with Crippen molar-refractivity contribution in [3.05, 3.63) is 60.4 Å². The van der Waals surface area contributed by atoms with Gasteiger partial charge in [0.25, 0.3) is 5.91 Å². The van der Waals surface area contributed by atoms with Crippen molar-refractivity contribution in [2.24, 2.45) is 0 Å². The predicted octanol–water partition coefficient (Wildman–Crippen LogP) is 3.96. The van der Waals surface area contributed by atoms with Gasteiger partial charge in [-0.2, -0.15) is 0 Å². The van der Waals surface area contributed by atoms with Crippen LogP contribution in [0.5, 0.6) is 5.75 Å². The summed E-state index contributed by atoms with van der Waals surface area (Å²) in [6.07, 6.45) is 4.06. The van der Waals surface area contributed by atoms with E-state index in [2.05, 4.69) is 35.0 Å². The SMILES string of the molecule is CCn1c(CCCCCNC(=O)COc2ccccc2)nc2ccccc21. The number of nitrogens with zero attached hydrogens (tertiary/aromatic N) is 2. The number of benzene rings is 2. The maximum Gasteiger partial charge on any atom is 0.257 e. The number of para-hydroxylation sites is 3. The van der Waals surface area contributed by atoms with E-state index in [9.17, 15) is 4.79 Å². The molecule has 0 radical (unpaired) electrons. The first-order valence-electron chi connectivity index (χ1n) is 9.66. The van der Waals surface area contributed by atoms with Crippen molar-refractivity contribution in [1.29, 1.82) is 0 Å². The summed E-state index contributed by atoms with van der Waals surface area (Å²) in [4.78, 5) is 16.6. The Morgan fingerprint density at radius 1 is 1.04 bits per heavy atom. The largest absolute Gasteiger partial charge is 0.484 e. The molecule has 0 aliphatic rings. The number of carbonyl (C=O) groups is 1. The van der Waals surface area contributed by atoms with Crippen molar-refractivity contribution >= 4 is 16.9 Å². The number of rotatable bonds is 10. The fourth-order valence-corrected chi connectivity index (χ4v) is 3.20. The number of carbonyl (C=O) groups excluding carboxylic acids is 1. The van der Waals surface area contributed by atoms with E-state index in [0.29, 0.717) is 12.3 Å². The summed E-state index contributed by atoms with van der Waals surface area (Å²) < 4.78 is 7.72. The van der Waals surface area contributed by atoms with Crippen molar-refractivity contribution in [2.75, 3.05) is 13.2 Å². The minimum Gasteiger partial charge on any atom is -0.484 e. The third-order valence-electron chi connectivity index (χ3n) is 4.56. The number of unbranched alkanes of at least 4 members (excludes halogenated alkanes) is 2. The molecule has 0 bridgehead atoms. The van der Waals surface area contributed by atoms with Gasteiger partial charge < -0.3 is 14.6 Å². The van der Waals surface area contributed by atoms with Crippen molar-refractivity contribution in [3.63, 3.8) is 0 Å². The highest BCUT2D eigenvalue weighted by Gasteiger charge is 2.08. The summed E-state index contributed by atoms with van der Waals surface area (Å²) in [5.74, 6) is 1.79. The second-order valence-corrected chi connectivity index (χ2v) is 6.52. The number of ether oxygens (including phenoxy) is 1. The molecule has 5 heteroatoms. The highest BCUT2D eigenvalue weighted by atomic mass is 16.5. The van der Waals surface area contributed by atoms with Gasteiger partial charge >= 0.3 is 0 Å². The first-order valence-corrected chi connectivity index (χ1v) is 9.66. The van der Waals surface area contributed by atoms with E-state index >= 15 is 0 Å². The van der Waals surface area contributed by atoms with Crippen LogP contribution in [0.3, 0.4) is 0 Å². The third-order valence-corrected chi connectivity index (χ3v) is 4.56. The number of aromatic nitrogens is 2. The molecule has 2 aromatic carbocycles. The van der Waals surface area contributed by atoms with Crippen molar-refractivity contribution in [3.8, 4) is 5.75 Å². The van der Waals surface area contributed by atoms with Gasteiger partial charge in [-0.3, -0.25) is 4.79 Å². The maximum absolute atomic E-state index is 11.8. The second-order valence-electron chi connectivity index (χ2n) is 6.52. The zero-order valence-corrected chi connectivity index (χ0v) is 15.9. The molecule has 1 N–H and O–H groups in total. The van der Waals surface area contributed by atoms with Gasteiger partial charge in [-0.1, -0.05) is 36.8 Å². The Morgan fingerprint density at radius 3 is 2.63 bits per heavy atom. The van der Waals surface area contributed by atoms with Crippen LogP contribution in [0.4, 0.5) is 0 Å². The van der Waals surface area contributed by atoms with Crippen LogP contribution in [0.1, 0.15) is 32.0 Å². The average Bonchev–Trinajstić information content (AvgIpc) is 3.07. The number of fused-ring (bicyclic) bond motifs is 1. The molecular formula is C22H27N3O2. The molecule has 0 aliphatic carbocycles. The molecule has 142 valence electrons. The number of aryl methyl sites for hydroxylation is 2. The average molecular weight is 365 g/mol. The number of hydrogen-bond donors (Lipinski definition) is 1. The standard InChI is InChI=1S/C22H27N3O2/c1-2-25-20-14-9-8-13-19(20)24-21(25)15-7-4-10-16-23-22(26)17-27-18-11-5-3-6-12-18/h3,5-6,8-9,11-14H,2,4,7,10,15-17H2,1H3,(H,23,26). The van der Waals surface area contributed by atoms with Crippen molar-refractivity contribution < 1.29 is 9.53 Å². The zero-order valence-electron chi connectivity index (χ0n) is 15.9. The Kier molecular flexibility index (Phi) is 6.85. The lowest BCUT2D eigenvalue weighted by Crippen LogP contribution is -2.29. The zero-order chi connectivity index (χ0) is 18.9. The minimum absolute atomic E-state index is 0.0601. The summed E-state index contributed by atoms with van der Waals surface area (Å²) in [5.41, 5.74) is 2.28. The highest BCUT2D eigenvalue weighted by molar-refractivity contribution is 5.77. The van der Waals surface area contributed by atoms with E-state index < -0.39 is 0 Å². The van der Waals surface area contributed by atoms with Crippen LogP contribution in [0.2, 0.25) is 0 Å². The molecule has 3 aromatic rings. The van der Waals surface area contributed by atoms with E-state index in [-0.39, 0.29) is 12.5 Å². The van der Waals surface area contributed by atoms with Gasteiger partial charge in [-0.25, -0.2) is 4.98 Å². The van der Waals surface area contributed by atoms with Crippen molar-refractivity contribution in [2.45, 2.75) is 39.2 Å². The van der Waals surface area contributed by atoms with Gasteiger partial charge in [-0.05, 0) is 44.0 Å². The Balaban J connectivity index is 1.33. The molecule has 0 saturated heterocycles. The number of imidazole rings is 1. The summed E-state index contributed by atoms with van der Waals surface area (Å²) in [6.45, 7) is 3.84. The van der Waals surface area contributed by atoms with Gasteiger partial charge in [0.05, 0.1) is 11.0 Å². The predicted molar refractivity (Wildman–Crippen MR) is 108 cm³/mol. The summed E-state index contributed by atoms with van der Waals surface area (Å²) >= 11 is 0. The lowest BCUT2D eigenvalue weighted by Gasteiger charge is -2.08. The molecule has 1 amide bonds. The smallest absolute Gasteiger partial charge is 0.257 e. The van der Waals surface area contributed by atoms with Gasteiger partial charge in [0, 0.05) is 19.5 Å². The number of nitrogens with one attached hydrogen (secondary N) is 1. The second kappa shape index (κ2) is 9.76. The first-order chi connectivity index (χ1) is 13.3. The fraction of sp³-hybridized carbons (Fsp3) is 0.364. The van der Waals surface area contributed by atoms with Crippen LogP contribution in [0, 0.1) is 0 Å². The Labute approximate surface area is 160 Å². The minimum atomic E-state index is -0.0772. The molecule has 0 saturated carbocycles. The summed E-state index contributed by atoms with van der Waals surface area (Å²) in [5, 5.41) is 2.91. The molecule has 0 atom stereocenters. The normalized spacial score (nSPS) is 10.9. The van der Waals surface area contributed by atoms with E-state index in [1.54, 1.807) is 0 Å². The number of amides is 1. The molecule has 3 rings (SSSR count). The van der Waals surface area contributed by atoms with Gasteiger partial charge in [0.2, 0.25) is 0 Å². The van der Waals surface area contributed by atoms with Gasteiger partial charge in [-0.15, -0.1) is 0 Å².